The molecule has 1 saturated heterocycles. The van der Waals surface area contributed by atoms with Crippen molar-refractivity contribution >= 4 is 6.09 Å². The summed E-state index contributed by atoms with van der Waals surface area (Å²) in [6.45, 7) is 11.1. The number of nitrogens with zero attached hydrogens (tertiary/aromatic N) is 4. The summed E-state index contributed by atoms with van der Waals surface area (Å²) in [5.41, 5.74) is 5.90. The molecule has 0 saturated carbocycles. The van der Waals surface area contributed by atoms with E-state index in [1.54, 1.807) is 11.2 Å². The van der Waals surface area contributed by atoms with Crippen LogP contribution in [0.3, 0.4) is 0 Å². The quantitative estimate of drug-likeness (QED) is 0.915. The van der Waals surface area contributed by atoms with Crippen molar-refractivity contribution in [3.63, 3.8) is 0 Å². The Balaban J connectivity index is 1.91. The van der Waals surface area contributed by atoms with Crippen molar-refractivity contribution in [2.75, 3.05) is 13.1 Å². The van der Waals surface area contributed by atoms with Gasteiger partial charge in [0.15, 0.2) is 0 Å². The Morgan fingerprint density at radius 3 is 2.78 bits per heavy atom. The predicted molar refractivity (Wildman–Crippen MR) is 88.0 cm³/mol. The molecule has 1 aromatic rings. The molecule has 1 aromatic heterocycles. The molecule has 1 aliphatic heterocycles. The van der Waals surface area contributed by atoms with Crippen molar-refractivity contribution < 1.29 is 9.53 Å². The third-order valence-corrected chi connectivity index (χ3v) is 4.04. The molecule has 130 valence electrons. The van der Waals surface area contributed by atoms with Crippen molar-refractivity contribution in [2.24, 2.45) is 11.7 Å². The fourth-order valence-corrected chi connectivity index (χ4v) is 2.86. The Morgan fingerprint density at radius 2 is 2.17 bits per heavy atom. The Hall–Kier alpha value is -1.63. The smallest absolute Gasteiger partial charge is 0.410 e. The van der Waals surface area contributed by atoms with Crippen LogP contribution < -0.4 is 5.73 Å². The van der Waals surface area contributed by atoms with Crippen molar-refractivity contribution in [1.82, 2.24) is 19.7 Å². The summed E-state index contributed by atoms with van der Waals surface area (Å²) < 4.78 is 7.33. The minimum Gasteiger partial charge on any atom is -0.444 e. The molecule has 23 heavy (non-hydrogen) atoms. The normalized spacial score (nSPS) is 20.1. The molecular weight excluding hydrogens is 294 g/mol. The van der Waals surface area contributed by atoms with Crippen molar-refractivity contribution in [3.05, 3.63) is 12.2 Å². The number of aromatic nitrogens is 3. The van der Waals surface area contributed by atoms with E-state index in [0.717, 1.165) is 12.2 Å². The molecule has 7 nitrogen and oxygen atoms in total. The number of carbonyl (C=O) groups is 1. The van der Waals surface area contributed by atoms with Crippen LogP contribution in [-0.4, -0.2) is 50.5 Å². The van der Waals surface area contributed by atoms with Crippen LogP contribution in [-0.2, 0) is 11.2 Å². The second-order valence-electron chi connectivity index (χ2n) is 7.56. The van der Waals surface area contributed by atoms with Gasteiger partial charge in [-0.05, 0) is 47.0 Å². The zero-order chi connectivity index (χ0) is 17.2. The Bertz CT molecular complexity index is 535. The van der Waals surface area contributed by atoms with E-state index in [1.807, 2.05) is 25.5 Å². The zero-order valence-corrected chi connectivity index (χ0v) is 14.8. The molecule has 0 bridgehead atoms. The van der Waals surface area contributed by atoms with Gasteiger partial charge in [0.2, 0.25) is 0 Å². The molecule has 1 aliphatic rings. The van der Waals surface area contributed by atoms with Crippen LogP contribution in [0.25, 0.3) is 0 Å². The van der Waals surface area contributed by atoms with Crippen molar-refractivity contribution in [3.8, 4) is 0 Å². The van der Waals surface area contributed by atoms with E-state index in [4.69, 9.17) is 10.5 Å². The fraction of sp³-hybridized carbons (Fsp3) is 0.812. The maximum Gasteiger partial charge on any atom is 0.410 e. The number of carbonyl (C=O) groups excluding carboxylic acids is 1. The van der Waals surface area contributed by atoms with Gasteiger partial charge in [0, 0.05) is 31.6 Å². The molecule has 2 rings (SSSR count). The van der Waals surface area contributed by atoms with Gasteiger partial charge in [-0.15, -0.1) is 0 Å². The predicted octanol–water partition coefficient (Wildman–Crippen LogP) is 1.99. The van der Waals surface area contributed by atoms with E-state index < -0.39 is 5.60 Å². The highest BCUT2D eigenvalue weighted by atomic mass is 16.6. The first-order chi connectivity index (χ1) is 10.7. The maximum atomic E-state index is 12.1. The second-order valence-corrected chi connectivity index (χ2v) is 7.56. The van der Waals surface area contributed by atoms with Crippen LogP contribution in [0.2, 0.25) is 0 Å². The van der Waals surface area contributed by atoms with Gasteiger partial charge in [-0.3, -0.25) is 0 Å². The van der Waals surface area contributed by atoms with E-state index in [2.05, 4.69) is 23.9 Å². The van der Waals surface area contributed by atoms with E-state index in [-0.39, 0.29) is 24.1 Å². The summed E-state index contributed by atoms with van der Waals surface area (Å²) in [5, 5.41) is 4.24. The van der Waals surface area contributed by atoms with Gasteiger partial charge in [0.05, 0.1) is 0 Å². The van der Waals surface area contributed by atoms with E-state index >= 15 is 0 Å². The molecular formula is C16H29N5O2. The van der Waals surface area contributed by atoms with Crippen LogP contribution in [0.4, 0.5) is 4.79 Å². The summed E-state index contributed by atoms with van der Waals surface area (Å²) in [6, 6.07) is 0.227. The van der Waals surface area contributed by atoms with Crippen LogP contribution in [0.1, 0.15) is 52.9 Å². The van der Waals surface area contributed by atoms with E-state index in [0.29, 0.717) is 19.5 Å². The summed E-state index contributed by atoms with van der Waals surface area (Å²) in [5.74, 6) is 1.17. The van der Waals surface area contributed by atoms with Gasteiger partial charge in [-0.25, -0.2) is 14.5 Å². The SMILES string of the molecule is CC(C)n1ncnc1CC(N)C1CCN(C(=O)OC(C)(C)C)C1. The Morgan fingerprint density at radius 1 is 1.48 bits per heavy atom. The van der Waals surface area contributed by atoms with Gasteiger partial charge in [0.1, 0.15) is 17.8 Å². The highest BCUT2D eigenvalue weighted by Gasteiger charge is 2.33. The number of hydrogen-bond acceptors (Lipinski definition) is 5. The van der Waals surface area contributed by atoms with Gasteiger partial charge < -0.3 is 15.4 Å². The first kappa shape index (κ1) is 17.7. The van der Waals surface area contributed by atoms with Crippen LogP contribution in [0.5, 0.6) is 0 Å². The highest BCUT2D eigenvalue weighted by molar-refractivity contribution is 5.68. The van der Waals surface area contributed by atoms with Crippen LogP contribution >= 0.6 is 0 Å². The molecule has 2 heterocycles. The summed E-state index contributed by atoms with van der Waals surface area (Å²) in [7, 11) is 0. The Labute approximate surface area is 138 Å². The number of nitrogens with two attached hydrogens (primary N) is 1. The summed E-state index contributed by atoms with van der Waals surface area (Å²) in [6.07, 6.45) is 2.89. The maximum absolute atomic E-state index is 12.1. The minimum absolute atomic E-state index is 0.0378. The van der Waals surface area contributed by atoms with Gasteiger partial charge in [0.25, 0.3) is 0 Å². The molecule has 2 N–H and O–H groups in total. The molecule has 2 atom stereocenters. The van der Waals surface area contributed by atoms with Gasteiger partial charge >= 0.3 is 6.09 Å². The zero-order valence-electron chi connectivity index (χ0n) is 14.8. The Kier molecular flexibility index (Phi) is 5.29. The number of amides is 1. The lowest BCUT2D eigenvalue weighted by Crippen LogP contribution is -2.38. The van der Waals surface area contributed by atoms with Crippen molar-refractivity contribution in [1.29, 1.82) is 0 Å². The average molecular weight is 323 g/mol. The summed E-state index contributed by atoms with van der Waals surface area (Å²) >= 11 is 0. The van der Waals surface area contributed by atoms with E-state index in [1.165, 1.54) is 0 Å². The fourth-order valence-electron chi connectivity index (χ4n) is 2.86. The molecule has 0 radical (unpaired) electrons. The molecule has 0 aliphatic carbocycles. The standard InChI is InChI=1S/C16H29N5O2/c1-11(2)21-14(18-10-19-21)8-13(17)12-6-7-20(9-12)15(22)23-16(3,4)5/h10-13H,6-9,17H2,1-5H3. The number of likely N-dealkylation sites (tertiary alicyclic amines) is 1. The third kappa shape index (κ3) is 4.67. The van der Waals surface area contributed by atoms with Gasteiger partial charge in [-0.2, -0.15) is 5.10 Å². The van der Waals surface area contributed by atoms with Crippen LogP contribution in [0.15, 0.2) is 6.33 Å². The molecule has 0 spiro atoms. The summed E-state index contributed by atoms with van der Waals surface area (Å²) in [4.78, 5) is 18.2. The lowest BCUT2D eigenvalue weighted by atomic mass is 9.96. The molecule has 7 heteroatoms. The number of hydrogen-bond donors (Lipinski definition) is 1. The van der Waals surface area contributed by atoms with E-state index in [9.17, 15) is 4.79 Å². The molecule has 0 aromatic carbocycles. The number of ether oxygens (including phenoxy) is 1. The highest BCUT2D eigenvalue weighted by Crippen LogP contribution is 2.23. The molecule has 1 amide bonds. The topological polar surface area (TPSA) is 86.3 Å². The lowest BCUT2D eigenvalue weighted by molar-refractivity contribution is 0.0286. The molecule has 2 unspecified atom stereocenters. The first-order valence-electron chi connectivity index (χ1n) is 8.29. The van der Waals surface area contributed by atoms with Gasteiger partial charge in [-0.1, -0.05) is 0 Å². The third-order valence-electron chi connectivity index (χ3n) is 4.04. The number of rotatable bonds is 4. The molecule has 1 fully saturated rings. The van der Waals surface area contributed by atoms with Crippen LogP contribution in [0, 0.1) is 5.92 Å². The lowest BCUT2D eigenvalue weighted by Gasteiger charge is -2.25. The minimum atomic E-state index is -0.467. The second kappa shape index (κ2) is 6.86. The van der Waals surface area contributed by atoms with Crippen molar-refractivity contribution in [2.45, 2.75) is 65.1 Å². The monoisotopic (exact) mass is 323 g/mol. The average Bonchev–Trinajstić information content (AvgIpc) is 3.04. The first-order valence-corrected chi connectivity index (χ1v) is 8.29. The largest absolute Gasteiger partial charge is 0.444 e.